The molecule has 3 nitrogen and oxygen atoms in total. The first-order valence-electron chi connectivity index (χ1n) is 4.79. The minimum atomic E-state index is -0.0466. The third-order valence-electron chi connectivity index (χ3n) is 1.82. The van der Waals surface area contributed by atoms with Crippen molar-refractivity contribution < 1.29 is 9.90 Å². The van der Waals surface area contributed by atoms with Crippen LogP contribution in [0.5, 0.6) is 0 Å². The molecule has 15 heavy (non-hydrogen) atoms. The van der Waals surface area contributed by atoms with Crippen molar-refractivity contribution in [2.24, 2.45) is 0 Å². The molecule has 0 radical (unpaired) electrons. The van der Waals surface area contributed by atoms with Crippen LogP contribution in [0, 0.1) is 6.92 Å². The van der Waals surface area contributed by atoms with Gasteiger partial charge in [-0.1, -0.05) is 17.7 Å². The predicted octanol–water partition coefficient (Wildman–Crippen LogP) is 1.20. The Morgan fingerprint density at radius 3 is 2.67 bits per heavy atom. The Kier molecular flexibility index (Phi) is 5.21. The number of rotatable bonds is 5. The third-order valence-corrected chi connectivity index (χ3v) is 2.84. The lowest BCUT2D eigenvalue weighted by Crippen LogP contribution is -2.27. The molecule has 0 aliphatic rings. The normalized spacial score (nSPS) is 10.0. The second kappa shape index (κ2) is 6.48. The zero-order valence-corrected chi connectivity index (χ0v) is 9.51. The maximum absolute atomic E-state index is 11.2. The van der Waals surface area contributed by atoms with E-state index >= 15 is 0 Å². The number of aryl methyl sites for hydroxylation is 1. The van der Waals surface area contributed by atoms with Gasteiger partial charge in [0, 0.05) is 11.4 Å². The van der Waals surface area contributed by atoms with Crippen molar-refractivity contribution in [3.8, 4) is 0 Å². The molecule has 1 aromatic rings. The van der Waals surface area contributed by atoms with E-state index in [0.717, 1.165) is 4.90 Å². The summed E-state index contributed by atoms with van der Waals surface area (Å²) in [5.74, 6) is 0.345. The van der Waals surface area contributed by atoms with Gasteiger partial charge >= 0.3 is 0 Å². The minimum Gasteiger partial charge on any atom is -0.395 e. The molecular formula is C11H15NO2S. The van der Waals surface area contributed by atoms with Crippen LogP contribution in [0.15, 0.2) is 29.2 Å². The van der Waals surface area contributed by atoms with Gasteiger partial charge < -0.3 is 10.4 Å². The lowest BCUT2D eigenvalue weighted by molar-refractivity contribution is -0.118. The first-order valence-corrected chi connectivity index (χ1v) is 5.78. The topological polar surface area (TPSA) is 49.3 Å². The molecule has 0 fully saturated rings. The minimum absolute atomic E-state index is 0.0130. The second-order valence-corrected chi connectivity index (χ2v) is 4.22. The number of carbonyl (C=O) groups is 1. The number of aliphatic hydroxyl groups is 1. The molecule has 82 valence electrons. The zero-order valence-electron chi connectivity index (χ0n) is 8.69. The number of thioether (sulfide) groups is 1. The maximum Gasteiger partial charge on any atom is 0.230 e. The highest BCUT2D eigenvalue weighted by Gasteiger charge is 2.01. The van der Waals surface area contributed by atoms with Crippen molar-refractivity contribution in [2.45, 2.75) is 11.8 Å². The van der Waals surface area contributed by atoms with Crippen LogP contribution in [0.2, 0.25) is 0 Å². The highest BCUT2D eigenvalue weighted by molar-refractivity contribution is 8.00. The quantitative estimate of drug-likeness (QED) is 0.740. The van der Waals surface area contributed by atoms with Gasteiger partial charge in [0.1, 0.15) is 0 Å². The summed E-state index contributed by atoms with van der Waals surface area (Å²) in [6.45, 7) is 2.34. The predicted molar refractivity (Wildman–Crippen MR) is 62.0 cm³/mol. The van der Waals surface area contributed by atoms with Crippen LogP contribution in [-0.2, 0) is 4.79 Å². The maximum atomic E-state index is 11.2. The van der Waals surface area contributed by atoms with Crippen molar-refractivity contribution in [1.82, 2.24) is 5.32 Å². The third kappa shape index (κ3) is 4.85. The summed E-state index contributed by atoms with van der Waals surface area (Å²) in [4.78, 5) is 12.3. The van der Waals surface area contributed by atoms with Gasteiger partial charge in [-0.05, 0) is 19.1 Å². The van der Waals surface area contributed by atoms with Gasteiger partial charge in [0.15, 0.2) is 0 Å². The fourth-order valence-electron chi connectivity index (χ4n) is 1.03. The molecule has 0 atom stereocenters. The molecule has 1 rings (SSSR count). The molecule has 4 heteroatoms. The van der Waals surface area contributed by atoms with Crippen LogP contribution < -0.4 is 5.32 Å². The van der Waals surface area contributed by atoms with Crippen LogP contribution in [0.25, 0.3) is 0 Å². The highest BCUT2D eigenvalue weighted by Crippen LogP contribution is 2.17. The lowest BCUT2D eigenvalue weighted by atomic mass is 10.2. The number of carbonyl (C=O) groups excluding carboxylic acids is 1. The summed E-state index contributed by atoms with van der Waals surface area (Å²) in [6.07, 6.45) is 0. The number of aliphatic hydroxyl groups excluding tert-OH is 1. The molecule has 0 unspecified atom stereocenters. The van der Waals surface area contributed by atoms with Gasteiger partial charge in [0.05, 0.1) is 12.4 Å². The molecule has 1 aromatic carbocycles. The number of hydrogen-bond donors (Lipinski definition) is 2. The highest BCUT2D eigenvalue weighted by atomic mass is 32.2. The van der Waals surface area contributed by atoms with Crippen LogP contribution >= 0.6 is 11.8 Å². The Morgan fingerprint density at radius 2 is 2.07 bits per heavy atom. The van der Waals surface area contributed by atoms with E-state index in [0.29, 0.717) is 12.3 Å². The van der Waals surface area contributed by atoms with Crippen LogP contribution in [-0.4, -0.2) is 29.9 Å². The summed E-state index contributed by atoms with van der Waals surface area (Å²) in [6, 6.07) is 8.04. The number of nitrogens with one attached hydrogen (secondary N) is 1. The summed E-state index contributed by atoms with van der Waals surface area (Å²) in [5.41, 5.74) is 1.21. The first kappa shape index (κ1) is 12.1. The second-order valence-electron chi connectivity index (χ2n) is 3.18. The Labute approximate surface area is 93.9 Å². The monoisotopic (exact) mass is 225 g/mol. The molecule has 1 amide bonds. The standard InChI is InChI=1S/C11H15NO2S/c1-9-2-4-10(5-3-9)15-8-11(14)12-6-7-13/h2-5,13H,6-8H2,1H3,(H,12,14). The van der Waals surface area contributed by atoms with Crippen molar-refractivity contribution in [3.05, 3.63) is 29.8 Å². The molecule has 0 heterocycles. The molecule has 0 spiro atoms. The van der Waals surface area contributed by atoms with E-state index in [1.807, 2.05) is 31.2 Å². The van der Waals surface area contributed by atoms with Crippen LogP contribution in [0.3, 0.4) is 0 Å². The summed E-state index contributed by atoms with van der Waals surface area (Å²) < 4.78 is 0. The lowest BCUT2D eigenvalue weighted by Gasteiger charge is -2.03. The van der Waals surface area contributed by atoms with Gasteiger partial charge in [-0.2, -0.15) is 0 Å². The Hall–Kier alpha value is -1.00. The fourth-order valence-corrected chi connectivity index (χ4v) is 1.76. The summed E-state index contributed by atoms with van der Waals surface area (Å²) in [5, 5.41) is 11.1. The molecule has 0 bridgehead atoms. The summed E-state index contributed by atoms with van der Waals surface area (Å²) in [7, 11) is 0. The number of benzene rings is 1. The molecule has 0 saturated heterocycles. The molecular weight excluding hydrogens is 210 g/mol. The van der Waals surface area contributed by atoms with Crippen molar-refractivity contribution in [1.29, 1.82) is 0 Å². The van der Waals surface area contributed by atoms with Crippen molar-refractivity contribution >= 4 is 17.7 Å². The summed E-state index contributed by atoms with van der Waals surface area (Å²) >= 11 is 1.49. The Morgan fingerprint density at radius 1 is 1.40 bits per heavy atom. The van der Waals surface area contributed by atoms with Crippen molar-refractivity contribution in [2.75, 3.05) is 18.9 Å². The molecule has 0 aromatic heterocycles. The SMILES string of the molecule is Cc1ccc(SCC(=O)NCCO)cc1. The Bertz CT molecular complexity index is 311. The van der Waals surface area contributed by atoms with E-state index in [-0.39, 0.29) is 12.5 Å². The molecule has 2 N–H and O–H groups in total. The molecule has 0 aliphatic carbocycles. The number of amides is 1. The first-order chi connectivity index (χ1) is 7.22. The zero-order chi connectivity index (χ0) is 11.1. The molecule has 0 saturated carbocycles. The average molecular weight is 225 g/mol. The van der Waals surface area contributed by atoms with Gasteiger partial charge in [0.2, 0.25) is 5.91 Å². The fraction of sp³-hybridized carbons (Fsp3) is 0.364. The van der Waals surface area contributed by atoms with Gasteiger partial charge in [-0.25, -0.2) is 0 Å². The van der Waals surface area contributed by atoms with E-state index in [1.54, 1.807) is 0 Å². The van der Waals surface area contributed by atoms with E-state index in [9.17, 15) is 4.79 Å². The average Bonchev–Trinajstić information content (AvgIpc) is 2.25. The van der Waals surface area contributed by atoms with E-state index < -0.39 is 0 Å². The van der Waals surface area contributed by atoms with Crippen LogP contribution in [0.1, 0.15) is 5.56 Å². The largest absolute Gasteiger partial charge is 0.395 e. The van der Waals surface area contributed by atoms with Crippen LogP contribution in [0.4, 0.5) is 0 Å². The van der Waals surface area contributed by atoms with Gasteiger partial charge in [-0.3, -0.25) is 4.79 Å². The van der Waals surface area contributed by atoms with Gasteiger partial charge in [0.25, 0.3) is 0 Å². The van der Waals surface area contributed by atoms with Crippen molar-refractivity contribution in [3.63, 3.8) is 0 Å². The smallest absolute Gasteiger partial charge is 0.230 e. The molecule has 0 aliphatic heterocycles. The Balaban J connectivity index is 2.30. The number of hydrogen-bond acceptors (Lipinski definition) is 3. The van der Waals surface area contributed by atoms with E-state index in [2.05, 4.69) is 5.32 Å². The van der Waals surface area contributed by atoms with E-state index in [1.165, 1.54) is 17.3 Å². The van der Waals surface area contributed by atoms with Gasteiger partial charge in [-0.15, -0.1) is 11.8 Å². The van der Waals surface area contributed by atoms with E-state index in [4.69, 9.17) is 5.11 Å².